The molecule has 2 aromatic carbocycles. The Kier molecular flexibility index (Phi) is 8.97. The highest BCUT2D eigenvalue weighted by Crippen LogP contribution is 2.42. The number of aromatic hydroxyl groups is 1. The molecule has 0 saturated heterocycles. The van der Waals surface area contributed by atoms with Crippen molar-refractivity contribution < 1.29 is 30.0 Å². The van der Waals surface area contributed by atoms with Crippen LogP contribution in [0.1, 0.15) is 44.2 Å². The number of phenols is 1. The molecule has 37 heavy (non-hydrogen) atoms. The van der Waals surface area contributed by atoms with E-state index < -0.39 is 12.1 Å². The molecule has 8 nitrogen and oxygen atoms in total. The summed E-state index contributed by atoms with van der Waals surface area (Å²) in [5.74, 6) is -0.835. The third-order valence-corrected chi connectivity index (χ3v) is 7.20. The molecule has 1 aliphatic carbocycles. The minimum absolute atomic E-state index is 0.149. The van der Waals surface area contributed by atoms with Gasteiger partial charge in [0.1, 0.15) is 18.1 Å². The van der Waals surface area contributed by atoms with Gasteiger partial charge in [0.15, 0.2) is 0 Å². The zero-order valence-corrected chi connectivity index (χ0v) is 21.1. The van der Waals surface area contributed by atoms with E-state index in [1.807, 2.05) is 41.1 Å². The fourth-order valence-electron chi connectivity index (χ4n) is 5.36. The van der Waals surface area contributed by atoms with Crippen LogP contribution in [0.5, 0.6) is 5.75 Å². The van der Waals surface area contributed by atoms with Crippen molar-refractivity contribution in [1.82, 2.24) is 9.78 Å². The van der Waals surface area contributed by atoms with E-state index in [-0.39, 0.29) is 24.4 Å². The van der Waals surface area contributed by atoms with Crippen LogP contribution in [0.25, 0.3) is 22.4 Å². The second-order valence-corrected chi connectivity index (χ2v) is 10.1. The Morgan fingerprint density at radius 1 is 1.05 bits per heavy atom. The summed E-state index contributed by atoms with van der Waals surface area (Å²) in [6.07, 6.45) is 5.01. The molecule has 4 N–H and O–H groups in total. The van der Waals surface area contributed by atoms with Crippen molar-refractivity contribution >= 4 is 5.97 Å². The van der Waals surface area contributed by atoms with Gasteiger partial charge in [-0.3, -0.25) is 4.68 Å². The second-order valence-electron chi connectivity index (χ2n) is 10.1. The summed E-state index contributed by atoms with van der Waals surface area (Å²) in [5, 5.41) is 44.1. The van der Waals surface area contributed by atoms with Crippen molar-refractivity contribution in [2.45, 2.75) is 57.6 Å². The van der Waals surface area contributed by atoms with Gasteiger partial charge in [-0.05, 0) is 43.4 Å². The first kappa shape index (κ1) is 26.9. The first-order valence-corrected chi connectivity index (χ1v) is 12.9. The number of rotatable bonds is 12. The van der Waals surface area contributed by atoms with E-state index in [0.29, 0.717) is 26.0 Å². The van der Waals surface area contributed by atoms with Crippen molar-refractivity contribution in [2.24, 2.45) is 5.41 Å². The van der Waals surface area contributed by atoms with Crippen LogP contribution >= 0.6 is 0 Å². The topological polar surface area (TPSA) is 125 Å². The van der Waals surface area contributed by atoms with Gasteiger partial charge >= 0.3 is 5.97 Å². The number of hydrogen-bond donors (Lipinski definition) is 4. The smallest absolute Gasteiger partial charge is 0.329 e. The fourth-order valence-corrected chi connectivity index (χ4v) is 5.36. The fraction of sp³-hybridized carbons (Fsp3) is 0.448. The van der Waals surface area contributed by atoms with Gasteiger partial charge in [-0.1, -0.05) is 61.7 Å². The maximum absolute atomic E-state index is 11.1. The minimum atomic E-state index is -0.985. The molecule has 198 valence electrons. The summed E-state index contributed by atoms with van der Waals surface area (Å²) in [6, 6.07) is 16.9. The number of aliphatic hydroxyl groups is 2. The van der Waals surface area contributed by atoms with Crippen LogP contribution in [0.15, 0.2) is 54.6 Å². The number of carboxylic acids is 1. The average Bonchev–Trinajstić information content (AvgIpc) is 3.25. The van der Waals surface area contributed by atoms with E-state index in [2.05, 4.69) is 0 Å². The summed E-state index contributed by atoms with van der Waals surface area (Å²) in [7, 11) is 0. The van der Waals surface area contributed by atoms with Crippen LogP contribution in [-0.4, -0.2) is 62.1 Å². The van der Waals surface area contributed by atoms with Crippen LogP contribution in [0.2, 0.25) is 0 Å². The number of ether oxygens (including phenoxy) is 1. The quantitative estimate of drug-likeness (QED) is 0.288. The van der Waals surface area contributed by atoms with Crippen LogP contribution in [0.4, 0.5) is 0 Å². The largest absolute Gasteiger partial charge is 0.508 e. The molecule has 1 heterocycles. The van der Waals surface area contributed by atoms with Crippen molar-refractivity contribution in [1.29, 1.82) is 0 Å². The third kappa shape index (κ3) is 6.77. The molecule has 0 bridgehead atoms. The van der Waals surface area contributed by atoms with Crippen LogP contribution < -0.4 is 0 Å². The highest BCUT2D eigenvalue weighted by atomic mass is 16.5. The number of carbonyl (C=O) groups is 1. The maximum Gasteiger partial charge on any atom is 0.329 e. The molecule has 8 heteroatoms. The van der Waals surface area contributed by atoms with Crippen LogP contribution in [0, 0.1) is 5.41 Å². The second kappa shape index (κ2) is 12.4. The summed E-state index contributed by atoms with van der Waals surface area (Å²) in [5.41, 5.74) is 4.05. The van der Waals surface area contributed by atoms with Crippen LogP contribution in [0.3, 0.4) is 0 Å². The molecule has 0 radical (unpaired) electrons. The molecule has 3 aromatic rings. The molecule has 1 aromatic heterocycles. The number of carboxylic acid groups (broad SMARTS) is 1. The van der Waals surface area contributed by atoms with Gasteiger partial charge in [0.2, 0.25) is 0 Å². The predicted octanol–water partition coefficient (Wildman–Crippen LogP) is 4.26. The van der Waals surface area contributed by atoms with Crippen molar-refractivity contribution in [3.8, 4) is 28.1 Å². The summed E-state index contributed by atoms with van der Waals surface area (Å²) >= 11 is 0. The van der Waals surface area contributed by atoms with Crippen molar-refractivity contribution in [2.75, 3.05) is 19.8 Å². The number of hydrogen-bond acceptors (Lipinski definition) is 6. The SMILES string of the molecule is O=C(O)COCC1(Cn2nc(-c3ccccc3)c(-c3cccc(O)c3)c2CCC(O)CO)CCCCC1. The third-order valence-electron chi connectivity index (χ3n) is 7.20. The van der Waals surface area contributed by atoms with Gasteiger partial charge in [0.05, 0.1) is 19.3 Å². The van der Waals surface area contributed by atoms with E-state index in [9.17, 15) is 20.1 Å². The number of aromatic nitrogens is 2. The normalized spacial score (nSPS) is 15.9. The van der Waals surface area contributed by atoms with Crippen molar-refractivity contribution in [3.05, 3.63) is 60.3 Å². The molecular weight excluding hydrogens is 472 g/mol. The molecular formula is C29H36N2O6. The lowest BCUT2D eigenvalue weighted by Crippen LogP contribution is -2.36. The lowest BCUT2D eigenvalue weighted by atomic mass is 9.74. The first-order chi connectivity index (χ1) is 17.9. The van der Waals surface area contributed by atoms with E-state index in [1.165, 1.54) is 0 Å². The summed E-state index contributed by atoms with van der Waals surface area (Å²) in [4.78, 5) is 11.1. The average molecular weight is 509 g/mol. The zero-order chi connectivity index (χ0) is 26.3. The lowest BCUT2D eigenvalue weighted by Gasteiger charge is -2.37. The predicted molar refractivity (Wildman–Crippen MR) is 140 cm³/mol. The highest BCUT2D eigenvalue weighted by molar-refractivity contribution is 5.83. The Morgan fingerprint density at radius 3 is 2.46 bits per heavy atom. The number of nitrogens with zero attached hydrogens (tertiary/aromatic N) is 2. The van der Waals surface area contributed by atoms with Gasteiger partial charge in [0, 0.05) is 28.8 Å². The van der Waals surface area contributed by atoms with Gasteiger partial charge in [-0.25, -0.2) is 4.79 Å². The Hall–Kier alpha value is -3.20. The number of phenolic OH excluding ortho intramolecular Hbond substituents is 1. The molecule has 0 spiro atoms. The zero-order valence-electron chi connectivity index (χ0n) is 21.1. The molecule has 0 amide bonds. The Labute approximate surface area is 217 Å². The molecule has 1 saturated carbocycles. The summed E-state index contributed by atoms with van der Waals surface area (Å²) < 4.78 is 7.63. The Morgan fingerprint density at radius 2 is 1.78 bits per heavy atom. The molecule has 4 rings (SSSR count). The molecule has 1 unspecified atom stereocenters. The highest BCUT2D eigenvalue weighted by Gasteiger charge is 2.35. The molecule has 1 fully saturated rings. The Balaban J connectivity index is 1.82. The monoisotopic (exact) mass is 508 g/mol. The molecule has 1 atom stereocenters. The van der Waals surface area contributed by atoms with Crippen molar-refractivity contribution in [3.63, 3.8) is 0 Å². The molecule has 1 aliphatic rings. The van der Waals surface area contributed by atoms with E-state index in [4.69, 9.17) is 14.9 Å². The van der Waals surface area contributed by atoms with Gasteiger partial charge in [-0.15, -0.1) is 0 Å². The number of aliphatic hydroxyl groups excluding tert-OH is 2. The van der Waals surface area contributed by atoms with Crippen LogP contribution in [-0.2, 0) is 22.5 Å². The van der Waals surface area contributed by atoms with E-state index in [1.54, 1.807) is 18.2 Å². The first-order valence-electron chi connectivity index (χ1n) is 12.9. The standard InChI is InChI=1S/C29H36N2O6/c32-17-24(34)12-13-25-27(22-10-7-11-23(33)16-22)28(21-8-3-1-4-9-21)30-31(25)19-29(14-5-2-6-15-29)20-37-18-26(35)36/h1,3-4,7-11,16,24,32-34H,2,5-6,12-15,17-20H2,(H,35,36). The van der Waals surface area contributed by atoms with Gasteiger partial charge in [0.25, 0.3) is 0 Å². The summed E-state index contributed by atoms with van der Waals surface area (Å²) in [6.45, 7) is 0.226. The number of aliphatic carboxylic acids is 1. The minimum Gasteiger partial charge on any atom is -0.508 e. The lowest BCUT2D eigenvalue weighted by molar-refractivity contribution is -0.144. The van der Waals surface area contributed by atoms with E-state index >= 15 is 0 Å². The van der Waals surface area contributed by atoms with E-state index in [0.717, 1.165) is 60.2 Å². The Bertz CT molecular complexity index is 1170. The van der Waals surface area contributed by atoms with Gasteiger partial charge < -0.3 is 25.2 Å². The molecule has 0 aliphatic heterocycles. The maximum atomic E-state index is 11.1. The number of benzene rings is 2. The van der Waals surface area contributed by atoms with Gasteiger partial charge in [-0.2, -0.15) is 5.10 Å².